The Hall–Kier alpha value is -3.27. The number of ether oxygens (including phenoxy) is 2. The number of benzene rings is 2. The number of rotatable bonds is 11. The molecule has 35 heavy (non-hydrogen) atoms. The van der Waals surface area contributed by atoms with Crippen molar-refractivity contribution in [2.24, 2.45) is 5.10 Å². The van der Waals surface area contributed by atoms with Crippen LogP contribution in [0.3, 0.4) is 0 Å². The van der Waals surface area contributed by atoms with Gasteiger partial charge in [0, 0.05) is 22.5 Å². The normalized spacial score (nSPS) is 12.3. The topological polar surface area (TPSA) is 109 Å². The van der Waals surface area contributed by atoms with Crippen LogP contribution in [0.2, 0.25) is 0 Å². The van der Waals surface area contributed by atoms with E-state index in [9.17, 15) is 14.9 Å². The third-order valence-corrected chi connectivity index (χ3v) is 5.89. The lowest BCUT2D eigenvalue weighted by Crippen LogP contribution is -2.22. The molecule has 3 aromatic rings. The highest BCUT2D eigenvalue weighted by Gasteiger charge is 2.24. The number of fused-ring (bicyclic) bond motifs is 1. The van der Waals surface area contributed by atoms with Gasteiger partial charge in [-0.15, -0.1) is 0 Å². The fraction of sp³-hybridized carbons (Fsp3) is 0.400. The van der Waals surface area contributed by atoms with Crippen LogP contribution in [0.15, 0.2) is 44.7 Å². The van der Waals surface area contributed by atoms with Crippen LogP contribution in [-0.2, 0) is 6.42 Å². The summed E-state index contributed by atoms with van der Waals surface area (Å²) in [4.78, 5) is 29.3. The van der Waals surface area contributed by atoms with E-state index in [4.69, 9.17) is 9.47 Å². The van der Waals surface area contributed by atoms with Crippen LogP contribution in [0.1, 0.15) is 58.3 Å². The van der Waals surface area contributed by atoms with E-state index < -0.39 is 4.92 Å². The van der Waals surface area contributed by atoms with Gasteiger partial charge in [0.15, 0.2) is 5.75 Å². The first kappa shape index (κ1) is 26.3. The van der Waals surface area contributed by atoms with Gasteiger partial charge in [0.2, 0.25) is 5.75 Å². The third-order valence-electron chi connectivity index (χ3n) is 5.40. The van der Waals surface area contributed by atoms with Gasteiger partial charge in [0.05, 0.1) is 34.8 Å². The second-order valence-electron chi connectivity index (χ2n) is 8.05. The maximum atomic E-state index is 13.3. The van der Waals surface area contributed by atoms with Crippen LogP contribution in [0, 0.1) is 10.1 Å². The van der Waals surface area contributed by atoms with Gasteiger partial charge in [0.1, 0.15) is 5.82 Å². The average Bonchev–Trinajstić information content (AvgIpc) is 2.83. The molecule has 0 aliphatic carbocycles. The monoisotopic (exact) mass is 544 g/mol. The molecule has 2 aromatic carbocycles. The zero-order valence-corrected chi connectivity index (χ0v) is 21.9. The molecule has 0 unspecified atom stereocenters. The standard InChI is InChI=1S/C25H29BrN4O5/c1-5-8-9-23-28-20-11-10-18(26)14-19(20)25(31)29(23)27-15-17-12-21(30(32)33)24(35-16(4)6-2)22(13-17)34-7-3/h10-16H,5-9H2,1-4H3/t16-/m1/s1. The Labute approximate surface area is 212 Å². The molecule has 1 heterocycles. The molecule has 0 radical (unpaired) electrons. The van der Waals surface area contributed by atoms with E-state index in [1.54, 1.807) is 25.1 Å². The summed E-state index contributed by atoms with van der Waals surface area (Å²) in [6, 6.07) is 8.33. The molecule has 0 fully saturated rings. The van der Waals surface area contributed by atoms with E-state index in [-0.39, 0.29) is 28.8 Å². The van der Waals surface area contributed by atoms with E-state index in [1.165, 1.54) is 17.0 Å². The summed E-state index contributed by atoms with van der Waals surface area (Å²) < 4.78 is 13.5. The maximum absolute atomic E-state index is 13.3. The molecule has 3 rings (SSSR count). The molecule has 0 N–H and O–H groups in total. The number of hydrogen-bond acceptors (Lipinski definition) is 7. The van der Waals surface area contributed by atoms with E-state index in [1.807, 2.05) is 19.9 Å². The molecule has 0 bridgehead atoms. The predicted octanol–water partition coefficient (Wildman–Crippen LogP) is 5.87. The number of unbranched alkanes of at least 4 members (excludes halogenated alkanes) is 1. The van der Waals surface area contributed by atoms with Crippen molar-refractivity contribution in [2.75, 3.05) is 6.61 Å². The van der Waals surface area contributed by atoms with Crippen molar-refractivity contribution in [2.45, 2.75) is 59.5 Å². The number of aryl methyl sites for hydroxylation is 1. The Morgan fingerprint density at radius 2 is 2.03 bits per heavy atom. The number of nitro benzene ring substituents is 1. The molecule has 0 aliphatic heterocycles. The predicted molar refractivity (Wildman–Crippen MR) is 140 cm³/mol. The van der Waals surface area contributed by atoms with Gasteiger partial charge < -0.3 is 9.47 Å². The number of nitro groups is 1. The van der Waals surface area contributed by atoms with Crippen LogP contribution in [0.5, 0.6) is 11.5 Å². The zero-order valence-electron chi connectivity index (χ0n) is 20.3. The van der Waals surface area contributed by atoms with Gasteiger partial charge in [-0.05, 0) is 51.0 Å². The molecule has 1 atom stereocenters. The minimum atomic E-state index is -0.508. The number of hydrogen-bond donors (Lipinski definition) is 0. The van der Waals surface area contributed by atoms with Crippen molar-refractivity contribution >= 4 is 38.7 Å². The molecule has 9 nitrogen and oxygen atoms in total. The fourth-order valence-corrected chi connectivity index (χ4v) is 3.78. The molecular weight excluding hydrogens is 516 g/mol. The lowest BCUT2D eigenvalue weighted by atomic mass is 10.1. The Bertz CT molecular complexity index is 1310. The van der Waals surface area contributed by atoms with Gasteiger partial charge in [-0.3, -0.25) is 14.9 Å². The van der Waals surface area contributed by atoms with Crippen LogP contribution in [-0.4, -0.2) is 33.5 Å². The summed E-state index contributed by atoms with van der Waals surface area (Å²) in [7, 11) is 0. The largest absolute Gasteiger partial charge is 0.490 e. The molecule has 0 saturated carbocycles. The first-order valence-electron chi connectivity index (χ1n) is 11.7. The number of aromatic nitrogens is 2. The molecule has 0 aliphatic rings. The minimum Gasteiger partial charge on any atom is -0.490 e. The summed E-state index contributed by atoms with van der Waals surface area (Å²) in [5, 5.41) is 16.7. The number of nitrogens with zero attached hydrogens (tertiary/aromatic N) is 4. The van der Waals surface area contributed by atoms with Crippen molar-refractivity contribution in [3.8, 4) is 11.5 Å². The zero-order chi connectivity index (χ0) is 25.5. The van der Waals surface area contributed by atoms with E-state index in [0.717, 1.165) is 17.3 Å². The highest BCUT2D eigenvalue weighted by molar-refractivity contribution is 9.10. The maximum Gasteiger partial charge on any atom is 0.315 e. The SMILES string of the molecule is CCCCc1nc2ccc(Br)cc2c(=O)n1N=Cc1cc(OCC)c(O[C@H](C)CC)c([N+](=O)[O-])c1. The molecule has 0 spiro atoms. The molecule has 186 valence electrons. The minimum absolute atomic E-state index is 0.0846. The van der Waals surface area contributed by atoms with Gasteiger partial charge in [-0.25, -0.2) is 4.98 Å². The second kappa shape index (κ2) is 11.9. The van der Waals surface area contributed by atoms with Crippen molar-refractivity contribution in [1.29, 1.82) is 0 Å². The van der Waals surface area contributed by atoms with Crippen molar-refractivity contribution < 1.29 is 14.4 Å². The number of halogens is 1. The van der Waals surface area contributed by atoms with Crippen LogP contribution in [0.25, 0.3) is 10.9 Å². The van der Waals surface area contributed by atoms with E-state index >= 15 is 0 Å². The summed E-state index contributed by atoms with van der Waals surface area (Å²) in [6.07, 6.45) is 4.20. The Morgan fingerprint density at radius 1 is 1.26 bits per heavy atom. The van der Waals surface area contributed by atoms with Crippen molar-refractivity contribution in [3.05, 3.63) is 66.7 Å². The van der Waals surface area contributed by atoms with Gasteiger partial charge in [0.25, 0.3) is 5.56 Å². The highest BCUT2D eigenvalue weighted by atomic mass is 79.9. The summed E-state index contributed by atoms with van der Waals surface area (Å²) in [5.74, 6) is 0.864. The molecular formula is C25H29BrN4O5. The van der Waals surface area contributed by atoms with Crippen molar-refractivity contribution in [1.82, 2.24) is 9.66 Å². The highest BCUT2D eigenvalue weighted by Crippen LogP contribution is 2.39. The Morgan fingerprint density at radius 3 is 2.69 bits per heavy atom. The third kappa shape index (κ3) is 6.25. The molecule has 10 heteroatoms. The van der Waals surface area contributed by atoms with Gasteiger partial charge >= 0.3 is 5.69 Å². The van der Waals surface area contributed by atoms with Crippen LogP contribution >= 0.6 is 15.9 Å². The molecule has 0 amide bonds. The van der Waals surface area contributed by atoms with Gasteiger partial charge in [-0.2, -0.15) is 9.78 Å². The first-order chi connectivity index (χ1) is 16.8. The molecule has 0 saturated heterocycles. The second-order valence-corrected chi connectivity index (χ2v) is 8.96. The lowest BCUT2D eigenvalue weighted by Gasteiger charge is -2.16. The Balaban J connectivity index is 2.14. The molecule has 1 aromatic heterocycles. The summed E-state index contributed by atoms with van der Waals surface area (Å²) >= 11 is 3.40. The Kier molecular flexibility index (Phi) is 8.97. The van der Waals surface area contributed by atoms with Crippen LogP contribution in [0.4, 0.5) is 5.69 Å². The average molecular weight is 545 g/mol. The van der Waals surface area contributed by atoms with Gasteiger partial charge in [-0.1, -0.05) is 36.2 Å². The summed E-state index contributed by atoms with van der Waals surface area (Å²) in [5.41, 5.74) is 0.461. The summed E-state index contributed by atoms with van der Waals surface area (Å²) in [6.45, 7) is 7.92. The first-order valence-corrected chi connectivity index (χ1v) is 12.5. The van der Waals surface area contributed by atoms with E-state index in [0.29, 0.717) is 41.7 Å². The lowest BCUT2D eigenvalue weighted by molar-refractivity contribution is -0.386. The smallest absolute Gasteiger partial charge is 0.315 e. The quantitative estimate of drug-likeness (QED) is 0.169. The van der Waals surface area contributed by atoms with Crippen molar-refractivity contribution in [3.63, 3.8) is 0 Å². The van der Waals surface area contributed by atoms with E-state index in [2.05, 4.69) is 32.9 Å². The van der Waals surface area contributed by atoms with Crippen LogP contribution < -0.4 is 15.0 Å². The fourth-order valence-electron chi connectivity index (χ4n) is 3.42.